The van der Waals surface area contributed by atoms with Gasteiger partial charge in [-0.3, -0.25) is 0 Å². The van der Waals surface area contributed by atoms with Gasteiger partial charge in [0.15, 0.2) is 0 Å². The first kappa shape index (κ1) is 9.70. The number of unbranched alkanes of at least 4 members (excludes halogenated alkanes) is 1. The van der Waals surface area contributed by atoms with Gasteiger partial charge >= 0.3 is 0 Å². The van der Waals surface area contributed by atoms with Crippen LogP contribution in [0.3, 0.4) is 0 Å². The second kappa shape index (κ2) is 5.48. The van der Waals surface area contributed by atoms with E-state index < -0.39 is 0 Å². The molecule has 0 aliphatic rings. The van der Waals surface area contributed by atoms with Crippen molar-refractivity contribution in [2.75, 3.05) is 0 Å². The van der Waals surface area contributed by atoms with Crippen molar-refractivity contribution in [2.24, 2.45) is 0 Å². The van der Waals surface area contributed by atoms with Crippen LogP contribution in [-0.2, 0) is 0 Å². The Morgan fingerprint density at radius 2 is 2.20 bits per heavy atom. The van der Waals surface area contributed by atoms with E-state index in [1.165, 1.54) is 0 Å². The van der Waals surface area contributed by atoms with Crippen LogP contribution in [0.25, 0.3) is 0 Å². The van der Waals surface area contributed by atoms with Gasteiger partial charge in [-0.15, -0.1) is 0 Å². The van der Waals surface area contributed by atoms with Gasteiger partial charge < -0.3 is 5.11 Å². The first-order valence-electron chi connectivity index (χ1n) is 4.03. The molecule has 0 spiro atoms. The minimum Gasteiger partial charge on any atom is -0.389 e. The fraction of sp³-hybridized carbons (Fsp3) is 0.778. The Labute approximate surface area is 63.8 Å². The molecule has 0 unspecified atom stereocenters. The molecule has 0 heterocycles. The summed E-state index contributed by atoms with van der Waals surface area (Å²) in [5, 5.41) is 9.38. The first-order chi connectivity index (χ1) is 4.72. The molecule has 0 aliphatic carbocycles. The van der Waals surface area contributed by atoms with Crippen LogP contribution in [0.15, 0.2) is 11.6 Å². The summed E-state index contributed by atoms with van der Waals surface area (Å²) in [5.74, 6) is 0. The molecule has 0 radical (unpaired) electrons. The summed E-state index contributed by atoms with van der Waals surface area (Å²) in [5.41, 5.74) is 1.09. The smallest absolute Gasteiger partial charge is 0.0747 e. The largest absolute Gasteiger partial charge is 0.389 e. The standard InChI is InChI=1S/C9H18O/c1-4-6-7-9(10)8(3)5-2/h5,9-10H,4,6-7H2,1-3H3/b8-5+/t9-/m0/s1. The molecule has 0 amide bonds. The molecule has 0 aromatic heterocycles. The summed E-state index contributed by atoms with van der Waals surface area (Å²) < 4.78 is 0. The van der Waals surface area contributed by atoms with Crippen molar-refractivity contribution in [1.82, 2.24) is 0 Å². The number of allylic oxidation sites excluding steroid dienone is 1. The normalized spacial score (nSPS) is 15.4. The summed E-state index contributed by atoms with van der Waals surface area (Å²) >= 11 is 0. The third-order valence-electron chi connectivity index (χ3n) is 1.81. The fourth-order valence-electron chi connectivity index (χ4n) is 0.818. The Morgan fingerprint density at radius 3 is 2.60 bits per heavy atom. The van der Waals surface area contributed by atoms with Crippen molar-refractivity contribution in [1.29, 1.82) is 0 Å². The highest BCUT2D eigenvalue weighted by Crippen LogP contribution is 2.08. The van der Waals surface area contributed by atoms with Crippen LogP contribution in [0.2, 0.25) is 0 Å². The molecule has 1 heteroatoms. The zero-order chi connectivity index (χ0) is 7.98. The summed E-state index contributed by atoms with van der Waals surface area (Å²) in [6, 6.07) is 0. The molecule has 0 saturated carbocycles. The maximum atomic E-state index is 9.38. The molecule has 0 bridgehead atoms. The minimum absolute atomic E-state index is 0.204. The average Bonchev–Trinajstić information content (AvgIpc) is 1.98. The van der Waals surface area contributed by atoms with Crippen LogP contribution in [0.4, 0.5) is 0 Å². The van der Waals surface area contributed by atoms with Gasteiger partial charge in [0.25, 0.3) is 0 Å². The van der Waals surface area contributed by atoms with E-state index in [2.05, 4.69) is 6.92 Å². The molecule has 1 atom stereocenters. The quantitative estimate of drug-likeness (QED) is 0.598. The van der Waals surface area contributed by atoms with E-state index in [1.807, 2.05) is 19.9 Å². The highest BCUT2D eigenvalue weighted by molar-refractivity contribution is 5.02. The van der Waals surface area contributed by atoms with Gasteiger partial charge in [-0.2, -0.15) is 0 Å². The first-order valence-corrected chi connectivity index (χ1v) is 4.03. The lowest BCUT2D eigenvalue weighted by atomic mass is 10.1. The van der Waals surface area contributed by atoms with Crippen molar-refractivity contribution < 1.29 is 5.11 Å². The predicted molar refractivity (Wildman–Crippen MR) is 45.0 cm³/mol. The van der Waals surface area contributed by atoms with Gasteiger partial charge in [-0.05, 0) is 25.8 Å². The van der Waals surface area contributed by atoms with Crippen molar-refractivity contribution in [2.45, 2.75) is 46.1 Å². The molecule has 10 heavy (non-hydrogen) atoms. The van der Waals surface area contributed by atoms with Gasteiger partial charge in [0.2, 0.25) is 0 Å². The zero-order valence-corrected chi connectivity index (χ0v) is 7.22. The maximum Gasteiger partial charge on any atom is 0.0747 e. The van der Waals surface area contributed by atoms with E-state index in [1.54, 1.807) is 0 Å². The minimum atomic E-state index is -0.204. The van der Waals surface area contributed by atoms with Crippen molar-refractivity contribution >= 4 is 0 Å². The molecule has 0 saturated heterocycles. The van der Waals surface area contributed by atoms with E-state index in [-0.39, 0.29) is 6.10 Å². The zero-order valence-electron chi connectivity index (χ0n) is 7.22. The fourth-order valence-corrected chi connectivity index (χ4v) is 0.818. The number of aliphatic hydroxyl groups is 1. The molecule has 0 aromatic rings. The molecule has 0 aliphatic heterocycles. The summed E-state index contributed by atoms with van der Waals surface area (Å²) in [7, 11) is 0. The average molecular weight is 142 g/mol. The van der Waals surface area contributed by atoms with Crippen LogP contribution in [0.1, 0.15) is 40.0 Å². The Kier molecular flexibility index (Phi) is 5.32. The Bertz CT molecular complexity index is 105. The van der Waals surface area contributed by atoms with Crippen LogP contribution < -0.4 is 0 Å². The second-order valence-corrected chi connectivity index (χ2v) is 2.69. The van der Waals surface area contributed by atoms with E-state index in [0.717, 1.165) is 24.8 Å². The van der Waals surface area contributed by atoms with Crippen LogP contribution >= 0.6 is 0 Å². The highest BCUT2D eigenvalue weighted by atomic mass is 16.3. The lowest BCUT2D eigenvalue weighted by Gasteiger charge is -2.08. The van der Waals surface area contributed by atoms with Crippen molar-refractivity contribution in [3.63, 3.8) is 0 Å². The van der Waals surface area contributed by atoms with Gasteiger partial charge in [0.1, 0.15) is 0 Å². The number of hydrogen-bond donors (Lipinski definition) is 1. The van der Waals surface area contributed by atoms with Gasteiger partial charge in [-0.1, -0.05) is 25.8 Å². The Balaban J connectivity index is 3.51. The molecular formula is C9H18O. The van der Waals surface area contributed by atoms with Crippen LogP contribution in [0.5, 0.6) is 0 Å². The SMILES string of the molecule is C/C=C(\C)[C@@H](O)CCCC. The number of hydrogen-bond acceptors (Lipinski definition) is 1. The van der Waals surface area contributed by atoms with Crippen molar-refractivity contribution in [3.8, 4) is 0 Å². The molecule has 0 rings (SSSR count). The van der Waals surface area contributed by atoms with Gasteiger partial charge in [-0.25, -0.2) is 0 Å². The third-order valence-corrected chi connectivity index (χ3v) is 1.81. The molecule has 60 valence electrons. The third kappa shape index (κ3) is 3.67. The molecule has 1 N–H and O–H groups in total. The van der Waals surface area contributed by atoms with E-state index in [4.69, 9.17) is 0 Å². The van der Waals surface area contributed by atoms with Crippen LogP contribution in [-0.4, -0.2) is 11.2 Å². The monoisotopic (exact) mass is 142 g/mol. The van der Waals surface area contributed by atoms with E-state index >= 15 is 0 Å². The lowest BCUT2D eigenvalue weighted by molar-refractivity contribution is 0.197. The maximum absolute atomic E-state index is 9.38. The Hall–Kier alpha value is -0.300. The topological polar surface area (TPSA) is 20.2 Å². The molecular weight excluding hydrogens is 124 g/mol. The Morgan fingerprint density at radius 1 is 1.60 bits per heavy atom. The van der Waals surface area contributed by atoms with E-state index in [9.17, 15) is 5.11 Å². The van der Waals surface area contributed by atoms with Gasteiger partial charge in [0.05, 0.1) is 6.10 Å². The summed E-state index contributed by atoms with van der Waals surface area (Å²) in [4.78, 5) is 0. The predicted octanol–water partition coefficient (Wildman–Crippen LogP) is 2.50. The number of aliphatic hydroxyl groups excluding tert-OH is 1. The molecule has 0 aromatic carbocycles. The lowest BCUT2D eigenvalue weighted by Crippen LogP contribution is -2.06. The van der Waals surface area contributed by atoms with Crippen molar-refractivity contribution in [3.05, 3.63) is 11.6 Å². The van der Waals surface area contributed by atoms with E-state index in [0.29, 0.717) is 0 Å². The summed E-state index contributed by atoms with van der Waals surface area (Å²) in [6.45, 7) is 6.07. The van der Waals surface area contributed by atoms with Gasteiger partial charge in [0, 0.05) is 0 Å². The highest BCUT2D eigenvalue weighted by Gasteiger charge is 2.02. The molecule has 0 fully saturated rings. The summed E-state index contributed by atoms with van der Waals surface area (Å²) in [6.07, 6.45) is 4.96. The van der Waals surface area contributed by atoms with Crippen LogP contribution in [0, 0.1) is 0 Å². The second-order valence-electron chi connectivity index (χ2n) is 2.69. The number of rotatable bonds is 4. The molecule has 1 nitrogen and oxygen atoms in total.